The van der Waals surface area contributed by atoms with E-state index in [1.807, 2.05) is 20.8 Å². The SMILES string of the molecule is CCOc1ccc(C(=O)NCCCOC(C)C)cc1OC. The number of benzene rings is 1. The first kappa shape index (κ1) is 17.3. The second-order valence-electron chi connectivity index (χ2n) is 4.83. The molecule has 1 amide bonds. The molecule has 0 aliphatic heterocycles. The molecule has 0 aromatic heterocycles. The standard InChI is InChI=1S/C16H25NO4/c1-5-20-14-8-7-13(11-15(14)19-4)16(18)17-9-6-10-21-12(2)3/h7-8,11-12H,5-6,9-10H2,1-4H3,(H,17,18). The van der Waals surface area contributed by atoms with E-state index in [4.69, 9.17) is 14.2 Å². The number of rotatable bonds is 9. The van der Waals surface area contributed by atoms with Gasteiger partial charge in [0, 0.05) is 18.7 Å². The molecule has 0 spiro atoms. The normalized spacial score (nSPS) is 10.5. The van der Waals surface area contributed by atoms with Gasteiger partial charge in [0.1, 0.15) is 0 Å². The van der Waals surface area contributed by atoms with Crippen molar-refractivity contribution in [1.29, 1.82) is 0 Å². The molecule has 5 nitrogen and oxygen atoms in total. The largest absolute Gasteiger partial charge is 0.493 e. The minimum absolute atomic E-state index is 0.124. The Labute approximate surface area is 126 Å². The summed E-state index contributed by atoms with van der Waals surface area (Å²) >= 11 is 0. The first-order valence-electron chi connectivity index (χ1n) is 7.29. The van der Waals surface area contributed by atoms with Crippen molar-refractivity contribution >= 4 is 5.91 Å². The van der Waals surface area contributed by atoms with Gasteiger partial charge >= 0.3 is 0 Å². The predicted octanol–water partition coefficient (Wildman–Crippen LogP) is 2.64. The van der Waals surface area contributed by atoms with Gasteiger partial charge in [0.2, 0.25) is 0 Å². The van der Waals surface area contributed by atoms with E-state index in [2.05, 4.69) is 5.32 Å². The summed E-state index contributed by atoms with van der Waals surface area (Å²) in [6, 6.07) is 5.16. The number of carbonyl (C=O) groups is 1. The summed E-state index contributed by atoms with van der Waals surface area (Å²) in [6.07, 6.45) is 1.01. The first-order valence-corrected chi connectivity index (χ1v) is 7.29. The number of hydrogen-bond donors (Lipinski definition) is 1. The lowest BCUT2D eigenvalue weighted by Gasteiger charge is -2.11. The molecule has 1 rings (SSSR count). The van der Waals surface area contributed by atoms with Gasteiger partial charge in [-0.2, -0.15) is 0 Å². The fourth-order valence-corrected chi connectivity index (χ4v) is 1.78. The molecule has 0 fully saturated rings. The van der Waals surface area contributed by atoms with Crippen molar-refractivity contribution in [2.45, 2.75) is 33.3 Å². The monoisotopic (exact) mass is 295 g/mol. The summed E-state index contributed by atoms with van der Waals surface area (Å²) in [5.41, 5.74) is 0.556. The minimum atomic E-state index is -0.124. The van der Waals surface area contributed by atoms with Crippen molar-refractivity contribution in [1.82, 2.24) is 5.32 Å². The number of nitrogens with one attached hydrogen (secondary N) is 1. The molecule has 0 aliphatic carbocycles. The molecular formula is C16H25NO4. The summed E-state index contributed by atoms with van der Waals surface area (Å²) in [7, 11) is 1.56. The number of methoxy groups -OCH3 is 1. The molecule has 0 unspecified atom stereocenters. The molecule has 0 aliphatic rings. The van der Waals surface area contributed by atoms with Crippen molar-refractivity contribution in [2.75, 3.05) is 26.9 Å². The van der Waals surface area contributed by atoms with Crippen LogP contribution < -0.4 is 14.8 Å². The van der Waals surface area contributed by atoms with E-state index in [9.17, 15) is 4.79 Å². The van der Waals surface area contributed by atoms with Gasteiger partial charge in [-0.1, -0.05) is 0 Å². The Morgan fingerprint density at radius 2 is 2.05 bits per heavy atom. The second-order valence-corrected chi connectivity index (χ2v) is 4.83. The number of amides is 1. The van der Waals surface area contributed by atoms with E-state index in [-0.39, 0.29) is 12.0 Å². The third-order valence-electron chi connectivity index (χ3n) is 2.78. The Morgan fingerprint density at radius 1 is 1.29 bits per heavy atom. The average molecular weight is 295 g/mol. The first-order chi connectivity index (χ1) is 10.1. The zero-order chi connectivity index (χ0) is 15.7. The highest BCUT2D eigenvalue weighted by atomic mass is 16.5. The zero-order valence-corrected chi connectivity index (χ0v) is 13.3. The van der Waals surface area contributed by atoms with Crippen LogP contribution in [-0.4, -0.2) is 38.9 Å². The summed E-state index contributed by atoms with van der Waals surface area (Å²) in [5, 5.41) is 2.86. The van der Waals surface area contributed by atoms with Gasteiger partial charge < -0.3 is 19.5 Å². The Bertz CT molecular complexity index is 446. The fourth-order valence-electron chi connectivity index (χ4n) is 1.78. The molecular weight excluding hydrogens is 270 g/mol. The Kier molecular flexibility index (Phi) is 7.61. The van der Waals surface area contributed by atoms with Crippen LogP contribution in [0.1, 0.15) is 37.6 Å². The van der Waals surface area contributed by atoms with Crippen LogP contribution in [0.5, 0.6) is 11.5 Å². The third kappa shape index (κ3) is 6.04. The van der Waals surface area contributed by atoms with Crippen LogP contribution in [0.15, 0.2) is 18.2 Å². The molecule has 0 radical (unpaired) electrons. The Hall–Kier alpha value is -1.75. The maximum atomic E-state index is 12.0. The molecule has 0 saturated heterocycles. The maximum Gasteiger partial charge on any atom is 0.251 e. The van der Waals surface area contributed by atoms with Gasteiger partial charge in [-0.05, 0) is 45.4 Å². The van der Waals surface area contributed by atoms with Gasteiger partial charge in [-0.25, -0.2) is 0 Å². The van der Waals surface area contributed by atoms with E-state index in [1.165, 1.54) is 0 Å². The van der Waals surface area contributed by atoms with Crippen LogP contribution in [0.2, 0.25) is 0 Å². The summed E-state index contributed by atoms with van der Waals surface area (Å²) < 4.78 is 16.1. The van der Waals surface area contributed by atoms with E-state index in [0.29, 0.717) is 36.8 Å². The molecule has 1 aromatic carbocycles. The topological polar surface area (TPSA) is 56.8 Å². The fraction of sp³-hybridized carbons (Fsp3) is 0.562. The Balaban J connectivity index is 2.50. The van der Waals surface area contributed by atoms with E-state index in [0.717, 1.165) is 6.42 Å². The zero-order valence-electron chi connectivity index (χ0n) is 13.3. The van der Waals surface area contributed by atoms with Crippen LogP contribution in [0.25, 0.3) is 0 Å². The van der Waals surface area contributed by atoms with Crippen LogP contribution in [0, 0.1) is 0 Å². The van der Waals surface area contributed by atoms with Gasteiger partial charge in [-0.3, -0.25) is 4.79 Å². The molecule has 0 bridgehead atoms. The van der Waals surface area contributed by atoms with Crippen molar-refractivity contribution in [3.63, 3.8) is 0 Å². The van der Waals surface area contributed by atoms with Gasteiger partial charge in [-0.15, -0.1) is 0 Å². The summed E-state index contributed by atoms with van der Waals surface area (Å²) in [4.78, 5) is 12.0. The molecule has 118 valence electrons. The highest BCUT2D eigenvalue weighted by molar-refractivity contribution is 5.94. The van der Waals surface area contributed by atoms with Crippen molar-refractivity contribution < 1.29 is 19.0 Å². The van der Waals surface area contributed by atoms with Crippen LogP contribution in [-0.2, 0) is 4.74 Å². The van der Waals surface area contributed by atoms with Crippen molar-refractivity contribution in [3.05, 3.63) is 23.8 Å². The summed E-state index contributed by atoms with van der Waals surface area (Å²) in [5.74, 6) is 1.08. The van der Waals surface area contributed by atoms with Crippen LogP contribution >= 0.6 is 0 Å². The highest BCUT2D eigenvalue weighted by Crippen LogP contribution is 2.27. The lowest BCUT2D eigenvalue weighted by molar-refractivity contribution is 0.0757. The van der Waals surface area contributed by atoms with E-state index < -0.39 is 0 Å². The van der Waals surface area contributed by atoms with Crippen LogP contribution in [0.3, 0.4) is 0 Å². The molecule has 5 heteroatoms. The van der Waals surface area contributed by atoms with Crippen molar-refractivity contribution in [2.24, 2.45) is 0 Å². The molecule has 0 heterocycles. The Morgan fingerprint density at radius 3 is 2.67 bits per heavy atom. The minimum Gasteiger partial charge on any atom is -0.493 e. The van der Waals surface area contributed by atoms with Gasteiger partial charge in [0.05, 0.1) is 19.8 Å². The number of carbonyl (C=O) groups excluding carboxylic acids is 1. The highest BCUT2D eigenvalue weighted by Gasteiger charge is 2.10. The second kappa shape index (κ2) is 9.23. The molecule has 0 atom stereocenters. The lowest BCUT2D eigenvalue weighted by Crippen LogP contribution is -2.25. The smallest absolute Gasteiger partial charge is 0.251 e. The van der Waals surface area contributed by atoms with Crippen molar-refractivity contribution in [3.8, 4) is 11.5 Å². The number of hydrogen-bond acceptors (Lipinski definition) is 4. The van der Waals surface area contributed by atoms with E-state index in [1.54, 1.807) is 25.3 Å². The molecule has 1 aromatic rings. The van der Waals surface area contributed by atoms with E-state index >= 15 is 0 Å². The molecule has 1 N–H and O–H groups in total. The maximum absolute atomic E-state index is 12.0. The predicted molar refractivity (Wildman–Crippen MR) is 82.2 cm³/mol. The lowest BCUT2D eigenvalue weighted by atomic mass is 10.2. The number of ether oxygens (including phenoxy) is 3. The average Bonchev–Trinajstić information content (AvgIpc) is 2.47. The quantitative estimate of drug-likeness (QED) is 0.712. The van der Waals surface area contributed by atoms with Gasteiger partial charge in [0.15, 0.2) is 11.5 Å². The third-order valence-corrected chi connectivity index (χ3v) is 2.78. The molecule has 0 saturated carbocycles. The molecule has 21 heavy (non-hydrogen) atoms. The van der Waals surface area contributed by atoms with Gasteiger partial charge in [0.25, 0.3) is 5.91 Å². The summed E-state index contributed by atoms with van der Waals surface area (Å²) in [6.45, 7) is 7.66. The van der Waals surface area contributed by atoms with Crippen LogP contribution in [0.4, 0.5) is 0 Å².